The molecule has 59 heavy (non-hydrogen) atoms. The molecule has 1 unspecified atom stereocenters. The van der Waals surface area contributed by atoms with Crippen molar-refractivity contribution in [3.8, 4) is 0 Å². The van der Waals surface area contributed by atoms with Crippen LogP contribution in [0.1, 0.15) is 264 Å². The fourth-order valence-corrected chi connectivity index (χ4v) is 7.83. The molecule has 0 rings (SSSR count). The third-order valence-electron chi connectivity index (χ3n) is 11.2. The van der Waals surface area contributed by atoms with Crippen LogP contribution in [0.25, 0.3) is 0 Å². The number of carbonyl (C=O) groups is 2. The van der Waals surface area contributed by atoms with Crippen molar-refractivity contribution in [3.05, 3.63) is 24.3 Å². The quantitative estimate of drug-likeness (QED) is 0.0269. The van der Waals surface area contributed by atoms with Crippen molar-refractivity contribution in [2.75, 3.05) is 13.2 Å². The lowest BCUT2D eigenvalue weighted by Gasteiger charge is -2.18. The molecule has 1 atom stereocenters. The van der Waals surface area contributed by atoms with Gasteiger partial charge in [0.05, 0.1) is 6.61 Å². The van der Waals surface area contributed by atoms with Gasteiger partial charge in [-0.2, -0.15) is 0 Å². The number of phosphoric ester groups is 1. The number of hydrogen-bond acceptors (Lipinski definition) is 6. The summed E-state index contributed by atoms with van der Waals surface area (Å²) in [5.74, 6) is -0.872. The molecule has 348 valence electrons. The van der Waals surface area contributed by atoms with Crippen molar-refractivity contribution >= 4 is 19.8 Å². The zero-order valence-corrected chi connectivity index (χ0v) is 39.6. The van der Waals surface area contributed by atoms with Gasteiger partial charge in [-0.3, -0.25) is 14.1 Å². The number of hydrogen-bond donors (Lipinski definition) is 2. The molecule has 0 bridgehead atoms. The standard InChI is InChI=1S/C50H95O8P/c1-3-5-7-9-11-13-15-17-19-21-23-24-25-26-27-29-31-33-35-37-39-41-43-45-50(52)58-48(47-57-59(53,54)55)46-56-49(51)44-42-40-38-36-34-32-30-28-22-20-18-16-14-12-10-8-6-4-2/h15,17,21,23,48H,3-14,16,18-20,22,24-47H2,1-2H3,(H2,53,54,55)/b17-15-,23-21-. The first kappa shape index (κ1) is 57.5. The van der Waals surface area contributed by atoms with Crippen LogP contribution in [0.2, 0.25) is 0 Å². The Morgan fingerprint density at radius 1 is 0.441 bits per heavy atom. The summed E-state index contributed by atoms with van der Waals surface area (Å²) in [5, 5.41) is 0. The summed E-state index contributed by atoms with van der Waals surface area (Å²) in [6.45, 7) is 3.72. The van der Waals surface area contributed by atoms with E-state index in [4.69, 9.17) is 19.3 Å². The highest BCUT2D eigenvalue weighted by molar-refractivity contribution is 7.46. The normalized spacial score (nSPS) is 12.5. The highest BCUT2D eigenvalue weighted by Gasteiger charge is 2.23. The van der Waals surface area contributed by atoms with E-state index in [-0.39, 0.29) is 19.4 Å². The number of ether oxygens (including phenoxy) is 2. The summed E-state index contributed by atoms with van der Waals surface area (Å²) in [7, 11) is -4.76. The van der Waals surface area contributed by atoms with Gasteiger partial charge in [-0.1, -0.05) is 231 Å². The van der Waals surface area contributed by atoms with Gasteiger partial charge in [0, 0.05) is 12.8 Å². The first-order chi connectivity index (χ1) is 28.8. The molecule has 0 spiro atoms. The second-order valence-corrected chi connectivity index (χ2v) is 18.4. The molecule has 0 aliphatic carbocycles. The van der Waals surface area contributed by atoms with Crippen LogP contribution >= 0.6 is 7.82 Å². The van der Waals surface area contributed by atoms with Crippen molar-refractivity contribution in [3.63, 3.8) is 0 Å². The lowest BCUT2D eigenvalue weighted by Crippen LogP contribution is -2.29. The fraction of sp³-hybridized carbons (Fsp3) is 0.880. The molecule has 9 heteroatoms. The van der Waals surface area contributed by atoms with Crippen LogP contribution in [0, 0.1) is 0 Å². The third kappa shape index (κ3) is 49.1. The molecule has 0 amide bonds. The Labute approximate surface area is 364 Å². The summed E-state index contributed by atoms with van der Waals surface area (Å²) >= 11 is 0. The number of phosphoric acid groups is 1. The topological polar surface area (TPSA) is 119 Å². The summed E-state index contributed by atoms with van der Waals surface area (Å²) in [4.78, 5) is 43.1. The van der Waals surface area contributed by atoms with Crippen LogP contribution in [-0.2, 0) is 28.2 Å². The Balaban J connectivity index is 3.80. The van der Waals surface area contributed by atoms with Crippen LogP contribution in [0.3, 0.4) is 0 Å². The fourth-order valence-electron chi connectivity index (χ4n) is 7.47. The first-order valence-electron chi connectivity index (χ1n) is 25.1. The van der Waals surface area contributed by atoms with Crippen molar-refractivity contribution in [2.45, 2.75) is 270 Å². The van der Waals surface area contributed by atoms with Crippen LogP contribution < -0.4 is 0 Å². The van der Waals surface area contributed by atoms with Gasteiger partial charge in [-0.05, 0) is 44.9 Å². The largest absolute Gasteiger partial charge is 0.469 e. The highest BCUT2D eigenvalue weighted by Crippen LogP contribution is 2.36. The van der Waals surface area contributed by atoms with Gasteiger partial charge in [0.15, 0.2) is 6.10 Å². The molecule has 0 fully saturated rings. The Bertz CT molecular complexity index is 1010. The van der Waals surface area contributed by atoms with E-state index in [9.17, 15) is 14.2 Å². The van der Waals surface area contributed by atoms with Gasteiger partial charge >= 0.3 is 19.8 Å². The molecular weight excluding hydrogens is 760 g/mol. The Morgan fingerprint density at radius 2 is 0.763 bits per heavy atom. The Kier molecular flexibility index (Phi) is 44.9. The van der Waals surface area contributed by atoms with Crippen LogP contribution in [0.5, 0.6) is 0 Å². The van der Waals surface area contributed by atoms with Gasteiger partial charge in [0.1, 0.15) is 6.61 Å². The van der Waals surface area contributed by atoms with E-state index in [1.807, 2.05) is 0 Å². The zero-order valence-electron chi connectivity index (χ0n) is 38.7. The second kappa shape index (κ2) is 46.0. The van der Waals surface area contributed by atoms with Crippen molar-refractivity contribution < 1.29 is 37.9 Å². The van der Waals surface area contributed by atoms with Gasteiger partial charge in [0.25, 0.3) is 0 Å². The number of allylic oxidation sites excluding steroid dienone is 4. The van der Waals surface area contributed by atoms with E-state index in [1.54, 1.807) is 0 Å². The maximum absolute atomic E-state index is 12.5. The van der Waals surface area contributed by atoms with E-state index in [2.05, 4.69) is 42.7 Å². The molecule has 0 radical (unpaired) electrons. The zero-order chi connectivity index (χ0) is 43.2. The molecular formula is C50H95O8P. The summed E-state index contributed by atoms with van der Waals surface area (Å²) < 4.78 is 26.5. The van der Waals surface area contributed by atoms with Crippen molar-refractivity contribution in [1.82, 2.24) is 0 Å². The van der Waals surface area contributed by atoms with E-state index < -0.39 is 32.5 Å². The van der Waals surface area contributed by atoms with Crippen molar-refractivity contribution in [1.29, 1.82) is 0 Å². The summed E-state index contributed by atoms with van der Waals surface area (Å²) in [6, 6.07) is 0. The minimum atomic E-state index is -4.76. The van der Waals surface area contributed by atoms with E-state index >= 15 is 0 Å². The molecule has 8 nitrogen and oxygen atoms in total. The second-order valence-electron chi connectivity index (χ2n) is 17.2. The van der Waals surface area contributed by atoms with Gasteiger partial charge in [-0.25, -0.2) is 4.57 Å². The van der Waals surface area contributed by atoms with Crippen LogP contribution in [-0.4, -0.2) is 41.0 Å². The molecule has 0 aliphatic heterocycles. The molecule has 2 N–H and O–H groups in total. The maximum atomic E-state index is 12.5. The number of carbonyl (C=O) groups excluding carboxylic acids is 2. The minimum Gasteiger partial charge on any atom is -0.462 e. The van der Waals surface area contributed by atoms with Gasteiger partial charge < -0.3 is 19.3 Å². The predicted octanol–water partition coefficient (Wildman–Crippen LogP) is 15.9. The van der Waals surface area contributed by atoms with Gasteiger partial charge in [0.2, 0.25) is 0 Å². The van der Waals surface area contributed by atoms with Crippen molar-refractivity contribution in [2.24, 2.45) is 0 Å². The minimum absolute atomic E-state index is 0.213. The first-order valence-corrected chi connectivity index (χ1v) is 26.7. The molecule has 0 aromatic carbocycles. The number of rotatable bonds is 47. The SMILES string of the molecule is CCCCCCC/C=C\C/C=C\CCCCCCCCCCCCCC(=O)OC(COC(=O)CCCCCCCCCCCCCCCCCCCC)COP(=O)(O)O. The van der Waals surface area contributed by atoms with Crippen LogP contribution in [0.4, 0.5) is 0 Å². The van der Waals surface area contributed by atoms with E-state index in [1.165, 1.54) is 186 Å². The lowest BCUT2D eigenvalue weighted by molar-refractivity contribution is -0.161. The number of esters is 2. The maximum Gasteiger partial charge on any atom is 0.469 e. The Hall–Kier alpha value is -1.47. The predicted molar refractivity (Wildman–Crippen MR) is 249 cm³/mol. The molecule has 0 heterocycles. The molecule has 0 aliphatic rings. The van der Waals surface area contributed by atoms with Gasteiger partial charge in [-0.15, -0.1) is 0 Å². The Morgan fingerprint density at radius 3 is 1.12 bits per heavy atom. The highest BCUT2D eigenvalue weighted by atomic mass is 31.2. The average molecular weight is 855 g/mol. The summed E-state index contributed by atoms with van der Waals surface area (Å²) in [5.41, 5.74) is 0. The van der Waals surface area contributed by atoms with E-state index in [0.29, 0.717) is 6.42 Å². The van der Waals surface area contributed by atoms with Crippen LogP contribution in [0.15, 0.2) is 24.3 Å². The molecule has 0 saturated carbocycles. The molecule has 0 aromatic heterocycles. The average Bonchev–Trinajstić information content (AvgIpc) is 3.21. The third-order valence-corrected chi connectivity index (χ3v) is 11.7. The smallest absolute Gasteiger partial charge is 0.462 e. The lowest BCUT2D eigenvalue weighted by atomic mass is 10.0. The monoisotopic (exact) mass is 855 g/mol. The molecule has 0 saturated heterocycles. The molecule has 0 aromatic rings. The van der Waals surface area contributed by atoms with E-state index in [0.717, 1.165) is 44.9 Å². The number of unbranched alkanes of at least 4 members (excludes halogenated alkanes) is 33. The summed E-state index contributed by atoms with van der Waals surface area (Å²) in [6.07, 6.45) is 54.8.